The standard InChI is InChI=1S/C22H23N5O2/c1-3-12-23-20-14-19(26-21(27-20)16-8-5-4-6-9-16)22(29)25-18-11-7-10-17(13-18)24-15(2)28/h4-11,13-14H,3,12H2,1-2H3,(H,24,28)(H,25,29)(H,23,26,27). The van der Waals surface area contributed by atoms with Crippen LogP contribution in [-0.2, 0) is 4.79 Å². The Morgan fingerprint density at radius 1 is 0.897 bits per heavy atom. The van der Waals surface area contributed by atoms with Crippen molar-refractivity contribution < 1.29 is 9.59 Å². The summed E-state index contributed by atoms with van der Waals surface area (Å²) in [5, 5.41) is 8.74. The second kappa shape index (κ2) is 9.45. The SMILES string of the molecule is CCCNc1cc(C(=O)Nc2cccc(NC(C)=O)c2)nc(-c2ccccc2)n1. The van der Waals surface area contributed by atoms with Gasteiger partial charge in [-0.25, -0.2) is 9.97 Å². The average molecular weight is 389 g/mol. The first-order chi connectivity index (χ1) is 14.0. The highest BCUT2D eigenvalue weighted by Gasteiger charge is 2.14. The molecule has 0 unspecified atom stereocenters. The van der Waals surface area contributed by atoms with Crippen LogP contribution in [0.25, 0.3) is 11.4 Å². The van der Waals surface area contributed by atoms with E-state index in [9.17, 15) is 9.59 Å². The van der Waals surface area contributed by atoms with Gasteiger partial charge in [0.15, 0.2) is 5.82 Å². The number of aromatic nitrogens is 2. The zero-order chi connectivity index (χ0) is 20.6. The van der Waals surface area contributed by atoms with E-state index in [-0.39, 0.29) is 17.5 Å². The van der Waals surface area contributed by atoms with Gasteiger partial charge in [0.2, 0.25) is 5.91 Å². The van der Waals surface area contributed by atoms with Crippen molar-refractivity contribution in [1.29, 1.82) is 0 Å². The summed E-state index contributed by atoms with van der Waals surface area (Å²) >= 11 is 0. The number of rotatable bonds is 7. The fourth-order valence-corrected chi connectivity index (χ4v) is 2.70. The Morgan fingerprint density at radius 3 is 2.31 bits per heavy atom. The fourth-order valence-electron chi connectivity index (χ4n) is 2.70. The van der Waals surface area contributed by atoms with E-state index in [2.05, 4.69) is 32.8 Å². The maximum absolute atomic E-state index is 12.8. The van der Waals surface area contributed by atoms with Gasteiger partial charge in [0.05, 0.1) is 0 Å². The maximum Gasteiger partial charge on any atom is 0.274 e. The number of hydrogen-bond acceptors (Lipinski definition) is 5. The summed E-state index contributed by atoms with van der Waals surface area (Å²) in [5.74, 6) is 0.536. The molecule has 3 rings (SSSR count). The molecular weight excluding hydrogens is 366 g/mol. The van der Waals surface area contributed by atoms with E-state index < -0.39 is 0 Å². The van der Waals surface area contributed by atoms with Crippen LogP contribution in [0.1, 0.15) is 30.8 Å². The highest BCUT2D eigenvalue weighted by molar-refractivity contribution is 6.04. The molecular formula is C22H23N5O2. The molecule has 0 aliphatic heterocycles. The lowest BCUT2D eigenvalue weighted by molar-refractivity contribution is -0.114. The van der Waals surface area contributed by atoms with Crippen LogP contribution in [-0.4, -0.2) is 28.3 Å². The van der Waals surface area contributed by atoms with Crippen LogP contribution in [0.2, 0.25) is 0 Å². The Kier molecular flexibility index (Phi) is 6.52. The van der Waals surface area contributed by atoms with Gasteiger partial charge in [0.1, 0.15) is 11.5 Å². The van der Waals surface area contributed by atoms with Gasteiger partial charge in [-0.15, -0.1) is 0 Å². The lowest BCUT2D eigenvalue weighted by Gasteiger charge is -2.11. The van der Waals surface area contributed by atoms with Gasteiger partial charge in [-0.3, -0.25) is 9.59 Å². The lowest BCUT2D eigenvalue weighted by Crippen LogP contribution is -2.16. The molecule has 0 saturated heterocycles. The molecule has 2 aromatic carbocycles. The van der Waals surface area contributed by atoms with Crippen molar-refractivity contribution in [3.8, 4) is 11.4 Å². The highest BCUT2D eigenvalue weighted by Crippen LogP contribution is 2.20. The molecule has 2 amide bonds. The first-order valence-electron chi connectivity index (χ1n) is 9.42. The van der Waals surface area contributed by atoms with Gasteiger partial charge in [-0.2, -0.15) is 0 Å². The Balaban J connectivity index is 1.88. The van der Waals surface area contributed by atoms with Crippen LogP contribution in [0.4, 0.5) is 17.2 Å². The number of anilines is 3. The molecule has 0 saturated carbocycles. The zero-order valence-electron chi connectivity index (χ0n) is 16.4. The second-order valence-electron chi connectivity index (χ2n) is 6.47. The first-order valence-corrected chi connectivity index (χ1v) is 9.42. The number of carbonyl (C=O) groups is 2. The second-order valence-corrected chi connectivity index (χ2v) is 6.47. The molecule has 3 aromatic rings. The van der Waals surface area contributed by atoms with Gasteiger partial charge in [-0.05, 0) is 24.6 Å². The minimum Gasteiger partial charge on any atom is -0.370 e. The molecule has 0 aliphatic carbocycles. The normalized spacial score (nSPS) is 10.3. The molecule has 1 aromatic heterocycles. The van der Waals surface area contributed by atoms with Gasteiger partial charge >= 0.3 is 0 Å². The van der Waals surface area contributed by atoms with Crippen molar-refractivity contribution in [2.45, 2.75) is 20.3 Å². The third-order valence-electron chi connectivity index (χ3n) is 3.99. The smallest absolute Gasteiger partial charge is 0.274 e. The monoisotopic (exact) mass is 389 g/mol. The van der Waals surface area contributed by atoms with Crippen molar-refractivity contribution in [3.63, 3.8) is 0 Å². The number of carbonyl (C=O) groups excluding carboxylic acids is 2. The highest BCUT2D eigenvalue weighted by atomic mass is 16.2. The lowest BCUT2D eigenvalue weighted by atomic mass is 10.2. The summed E-state index contributed by atoms with van der Waals surface area (Å²) in [5.41, 5.74) is 2.24. The quantitative estimate of drug-likeness (QED) is 0.563. The summed E-state index contributed by atoms with van der Waals surface area (Å²) < 4.78 is 0. The van der Waals surface area contributed by atoms with Gasteiger partial charge in [0, 0.05) is 36.5 Å². The van der Waals surface area contributed by atoms with E-state index in [1.54, 1.807) is 30.3 Å². The molecule has 0 spiro atoms. The molecule has 7 heteroatoms. The minimum absolute atomic E-state index is 0.177. The third kappa shape index (κ3) is 5.62. The van der Waals surface area contributed by atoms with Crippen LogP contribution in [0.5, 0.6) is 0 Å². The van der Waals surface area contributed by atoms with Crippen LogP contribution in [0.3, 0.4) is 0 Å². The third-order valence-corrected chi connectivity index (χ3v) is 3.99. The molecule has 1 heterocycles. The molecule has 3 N–H and O–H groups in total. The fraction of sp³-hybridized carbons (Fsp3) is 0.182. The molecule has 0 bridgehead atoms. The van der Waals surface area contributed by atoms with E-state index in [0.717, 1.165) is 18.5 Å². The Hall–Kier alpha value is -3.74. The van der Waals surface area contributed by atoms with E-state index in [1.165, 1.54) is 6.92 Å². The Bertz CT molecular complexity index is 1010. The molecule has 29 heavy (non-hydrogen) atoms. The largest absolute Gasteiger partial charge is 0.370 e. The molecule has 0 fully saturated rings. The zero-order valence-corrected chi connectivity index (χ0v) is 16.4. The van der Waals surface area contributed by atoms with E-state index in [1.807, 2.05) is 30.3 Å². The molecule has 0 radical (unpaired) electrons. The number of nitrogens with zero attached hydrogens (tertiary/aromatic N) is 2. The van der Waals surface area contributed by atoms with Crippen LogP contribution < -0.4 is 16.0 Å². The Labute approximate surface area is 169 Å². The van der Waals surface area contributed by atoms with Crippen molar-refractivity contribution in [2.24, 2.45) is 0 Å². The van der Waals surface area contributed by atoms with Gasteiger partial charge < -0.3 is 16.0 Å². The molecule has 7 nitrogen and oxygen atoms in total. The first kappa shape index (κ1) is 20.0. The molecule has 0 aliphatic rings. The molecule has 148 valence electrons. The van der Waals surface area contributed by atoms with Gasteiger partial charge in [0.25, 0.3) is 5.91 Å². The van der Waals surface area contributed by atoms with Gasteiger partial charge in [-0.1, -0.05) is 43.3 Å². The topological polar surface area (TPSA) is 96.0 Å². The summed E-state index contributed by atoms with van der Waals surface area (Å²) in [6.45, 7) is 4.23. The van der Waals surface area contributed by atoms with Crippen LogP contribution in [0.15, 0.2) is 60.7 Å². The predicted molar refractivity (Wildman–Crippen MR) is 115 cm³/mol. The van der Waals surface area contributed by atoms with Crippen LogP contribution >= 0.6 is 0 Å². The summed E-state index contributed by atoms with van der Waals surface area (Å²) in [4.78, 5) is 33.1. The predicted octanol–water partition coefficient (Wildman–Crippen LogP) is 4.18. The number of benzene rings is 2. The maximum atomic E-state index is 12.8. The summed E-state index contributed by atoms with van der Waals surface area (Å²) in [7, 11) is 0. The van der Waals surface area contributed by atoms with Crippen molar-refractivity contribution in [2.75, 3.05) is 22.5 Å². The van der Waals surface area contributed by atoms with Crippen molar-refractivity contribution >= 4 is 29.0 Å². The molecule has 0 atom stereocenters. The minimum atomic E-state index is -0.357. The Morgan fingerprint density at radius 2 is 1.62 bits per heavy atom. The number of hydrogen-bond donors (Lipinski definition) is 3. The number of amides is 2. The van der Waals surface area contributed by atoms with E-state index in [4.69, 9.17) is 0 Å². The summed E-state index contributed by atoms with van der Waals surface area (Å²) in [6.07, 6.45) is 0.933. The van der Waals surface area contributed by atoms with Crippen molar-refractivity contribution in [1.82, 2.24) is 9.97 Å². The van der Waals surface area contributed by atoms with Crippen molar-refractivity contribution in [3.05, 3.63) is 66.4 Å². The van der Waals surface area contributed by atoms with E-state index >= 15 is 0 Å². The van der Waals surface area contributed by atoms with E-state index in [0.29, 0.717) is 23.0 Å². The van der Waals surface area contributed by atoms with Crippen LogP contribution in [0, 0.1) is 0 Å². The average Bonchev–Trinajstić information content (AvgIpc) is 2.72. The summed E-state index contributed by atoms with van der Waals surface area (Å²) in [6, 6.07) is 18.1. The number of nitrogens with one attached hydrogen (secondary N) is 3.